The van der Waals surface area contributed by atoms with Crippen LogP contribution in [0.15, 0.2) is 47.6 Å². The number of cyclic esters (lactones) is 1. The Bertz CT molecular complexity index is 1760. The molecule has 0 aromatic rings. The zero-order valence-corrected chi connectivity index (χ0v) is 40.6. The maximum atomic E-state index is 14.6. The van der Waals surface area contributed by atoms with Crippen LogP contribution in [0.25, 0.3) is 0 Å². The van der Waals surface area contributed by atoms with Gasteiger partial charge in [0.05, 0.1) is 24.4 Å². The van der Waals surface area contributed by atoms with E-state index in [0.717, 1.165) is 16.9 Å². The lowest BCUT2D eigenvalue weighted by molar-refractivity contribution is -0.265. The van der Waals surface area contributed by atoms with E-state index in [2.05, 4.69) is 13.0 Å². The molecular weight excluding hydrogens is 835 g/mol. The number of hydrogen-bond donors (Lipinski definition) is 3. The minimum atomic E-state index is -2.44. The van der Waals surface area contributed by atoms with Crippen LogP contribution in [0.3, 0.4) is 0 Å². The zero-order chi connectivity index (χ0) is 48.2. The number of esters is 1. The number of rotatable bonds is 6. The predicted octanol–water partition coefficient (Wildman–Crippen LogP) is 6.18. The topological polar surface area (TPSA) is 195 Å². The quantitative estimate of drug-likeness (QED) is 0.156. The molecule has 14 nitrogen and oxygen atoms in total. The molecule has 0 radical (unpaired) electrons. The van der Waals surface area contributed by atoms with Gasteiger partial charge in [-0.05, 0) is 107 Å². The first-order valence-electron chi connectivity index (χ1n) is 24.0. The molecule has 3 N–H and O–H groups in total. The number of Topliss-reactive ketones (excluding diaryl/α,β-unsaturated/α-hetero) is 3. The number of amides is 1. The largest absolute Gasteiger partial charge is 0.453 e. The fourth-order valence-electron chi connectivity index (χ4n) is 10.0. The summed E-state index contributed by atoms with van der Waals surface area (Å²) in [6.45, 7) is 12.6. The smallest absolute Gasteiger partial charge is 0.329 e. The van der Waals surface area contributed by atoms with Gasteiger partial charge < -0.3 is 43.9 Å². The Kier molecular flexibility index (Phi) is 21.0. The van der Waals surface area contributed by atoms with Crippen LogP contribution in [0.2, 0.25) is 0 Å². The first-order valence-corrected chi connectivity index (χ1v) is 24.0. The van der Waals surface area contributed by atoms with Gasteiger partial charge in [-0.2, -0.15) is 0 Å². The number of allylic oxidation sites excluding steroid dienone is 6. The van der Waals surface area contributed by atoms with Crippen LogP contribution < -0.4 is 0 Å². The predicted molar refractivity (Wildman–Crippen MR) is 245 cm³/mol. The van der Waals surface area contributed by atoms with E-state index in [1.165, 1.54) is 7.11 Å². The summed E-state index contributed by atoms with van der Waals surface area (Å²) >= 11 is 0. The van der Waals surface area contributed by atoms with Crippen molar-refractivity contribution in [2.24, 2.45) is 35.5 Å². The van der Waals surface area contributed by atoms with E-state index in [9.17, 15) is 39.3 Å². The highest BCUT2D eigenvalue weighted by Gasteiger charge is 2.53. The van der Waals surface area contributed by atoms with Gasteiger partial charge in [-0.15, -0.1) is 0 Å². The van der Waals surface area contributed by atoms with Crippen LogP contribution in [0, 0.1) is 35.5 Å². The SMILES string of the molecule is COC1C[C@@H]2CC[C@@H](C)[C@@](O)(O2)C(=O)C(=O)N2CCCC[C@H]2C(=O)OC([C@H](C)C[C@@H]2CC[C@@H](O)[C@H](OC)C2)C(=O)C(C)/C=C(\C)[C@@H](O)[C@@H](OC)C(=O)[C@H](C)CCC(C)/C=C/C=CC=C1C. The summed E-state index contributed by atoms with van der Waals surface area (Å²) in [7, 11) is 4.50. The molecule has 2 bridgehead atoms. The second kappa shape index (κ2) is 25.1. The number of aliphatic hydroxyl groups excluding tert-OH is 2. The molecule has 2 saturated heterocycles. The summed E-state index contributed by atoms with van der Waals surface area (Å²) in [5.41, 5.74) is 1.23. The summed E-state index contributed by atoms with van der Waals surface area (Å²) in [6, 6.07) is -1.21. The number of ketones is 3. The number of carbonyl (C=O) groups excluding carboxylic acids is 5. The van der Waals surface area contributed by atoms with E-state index in [1.807, 2.05) is 45.1 Å². The number of fused-ring (bicyclic) bond motifs is 3. The maximum absolute atomic E-state index is 14.6. The third-order valence-electron chi connectivity index (χ3n) is 14.5. The molecule has 3 fully saturated rings. The number of carbonyl (C=O) groups is 5. The molecular formula is C51H79NO13. The third kappa shape index (κ3) is 14.1. The van der Waals surface area contributed by atoms with E-state index in [4.69, 9.17) is 23.7 Å². The van der Waals surface area contributed by atoms with Crippen LogP contribution in [0.1, 0.15) is 126 Å². The lowest BCUT2D eigenvalue weighted by Crippen LogP contribution is -2.61. The average molecular weight is 914 g/mol. The van der Waals surface area contributed by atoms with Gasteiger partial charge in [0.15, 0.2) is 17.7 Å². The first kappa shape index (κ1) is 54.2. The summed E-state index contributed by atoms with van der Waals surface area (Å²) in [6.07, 6.45) is 11.5. The molecule has 1 amide bonds. The summed E-state index contributed by atoms with van der Waals surface area (Å²) in [4.78, 5) is 72.3. The molecule has 1 saturated carbocycles. The second-order valence-corrected chi connectivity index (χ2v) is 19.5. The molecule has 4 aliphatic rings. The molecule has 3 aliphatic heterocycles. The Morgan fingerprint density at radius 2 is 1.54 bits per heavy atom. The number of hydrogen-bond acceptors (Lipinski definition) is 13. The minimum absolute atomic E-state index is 0.0479. The number of nitrogens with zero attached hydrogens (tertiary/aromatic N) is 1. The molecule has 1 aliphatic carbocycles. The monoisotopic (exact) mass is 914 g/mol. The lowest BCUT2D eigenvalue weighted by Gasteiger charge is -2.42. The van der Waals surface area contributed by atoms with Gasteiger partial charge in [0, 0.05) is 58.0 Å². The van der Waals surface area contributed by atoms with E-state index < -0.39 is 95.6 Å². The Hall–Kier alpha value is -3.37. The third-order valence-corrected chi connectivity index (χ3v) is 14.5. The van der Waals surface area contributed by atoms with Crippen LogP contribution in [0.4, 0.5) is 0 Å². The van der Waals surface area contributed by atoms with E-state index >= 15 is 0 Å². The first-order chi connectivity index (χ1) is 30.8. The Morgan fingerprint density at radius 1 is 0.815 bits per heavy atom. The molecule has 366 valence electrons. The lowest BCUT2D eigenvalue weighted by atomic mass is 9.78. The Morgan fingerprint density at radius 3 is 2.22 bits per heavy atom. The Balaban J connectivity index is 1.72. The van der Waals surface area contributed by atoms with Crippen molar-refractivity contribution in [3.8, 4) is 0 Å². The normalized spacial score (nSPS) is 39.1. The summed E-state index contributed by atoms with van der Waals surface area (Å²) < 4.78 is 29.3. The van der Waals surface area contributed by atoms with Crippen LogP contribution in [-0.4, -0.2) is 132 Å². The minimum Gasteiger partial charge on any atom is -0.453 e. The van der Waals surface area contributed by atoms with Gasteiger partial charge in [-0.25, -0.2) is 4.79 Å². The molecule has 0 spiro atoms. The van der Waals surface area contributed by atoms with Crippen LogP contribution in [-0.2, 0) is 47.7 Å². The van der Waals surface area contributed by atoms with Crippen molar-refractivity contribution >= 4 is 29.2 Å². The molecule has 15 atom stereocenters. The summed E-state index contributed by atoms with van der Waals surface area (Å²) in [5.74, 6) is -8.55. The molecule has 3 heterocycles. The van der Waals surface area contributed by atoms with Crippen LogP contribution >= 0.6 is 0 Å². The van der Waals surface area contributed by atoms with Gasteiger partial charge in [0.2, 0.25) is 5.79 Å². The van der Waals surface area contributed by atoms with Crippen molar-refractivity contribution in [1.82, 2.24) is 4.90 Å². The maximum Gasteiger partial charge on any atom is 0.329 e. The highest BCUT2D eigenvalue weighted by atomic mass is 16.6. The van der Waals surface area contributed by atoms with E-state index in [-0.39, 0.29) is 36.7 Å². The van der Waals surface area contributed by atoms with Crippen molar-refractivity contribution in [2.45, 2.75) is 180 Å². The standard InChI is InChI=1S/C51H79NO13/c1-30-16-12-11-13-17-31(2)41(61-8)29-38-23-21-36(7)51(60,65-38)48(57)49(58)52-25-15-14-18-39(52)50(59)64-46(35(6)27-37-22-24-40(53)42(28-37)62-9)44(55)33(4)26-34(5)45(56)47(63-10)43(54)32(3)20-19-30/h11-13,16-17,26,30,32-33,35-42,45-47,53,56,60H,14-15,18-25,27-29H2,1-10H3/b13-11?,16-12+,31-17?,34-26+/t30?,32-,33?,35-,36-,37+,38+,39+,40-,41?,42-,45-,46?,47+,51-/m1/s1. The fourth-order valence-corrected chi connectivity index (χ4v) is 10.0. The van der Waals surface area contributed by atoms with E-state index in [1.54, 1.807) is 41.1 Å². The highest BCUT2D eigenvalue weighted by Crippen LogP contribution is 2.38. The van der Waals surface area contributed by atoms with E-state index in [0.29, 0.717) is 69.8 Å². The van der Waals surface area contributed by atoms with Crippen molar-refractivity contribution in [3.63, 3.8) is 0 Å². The van der Waals surface area contributed by atoms with Gasteiger partial charge >= 0.3 is 5.97 Å². The van der Waals surface area contributed by atoms with Gasteiger partial charge in [-0.3, -0.25) is 19.2 Å². The molecule has 65 heavy (non-hydrogen) atoms. The fraction of sp³-hybridized carbons (Fsp3) is 0.745. The van der Waals surface area contributed by atoms with Crippen LogP contribution in [0.5, 0.6) is 0 Å². The van der Waals surface area contributed by atoms with Crippen molar-refractivity contribution in [1.29, 1.82) is 0 Å². The highest BCUT2D eigenvalue weighted by molar-refractivity contribution is 6.39. The number of aliphatic hydroxyl groups is 3. The molecule has 4 unspecified atom stereocenters. The van der Waals surface area contributed by atoms with Crippen molar-refractivity contribution < 1.29 is 63.0 Å². The Labute approximate surface area is 387 Å². The van der Waals surface area contributed by atoms with Crippen molar-refractivity contribution in [3.05, 3.63) is 47.6 Å². The summed E-state index contributed by atoms with van der Waals surface area (Å²) in [5, 5.41) is 33.9. The van der Waals surface area contributed by atoms with Gasteiger partial charge in [0.1, 0.15) is 18.2 Å². The second-order valence-electron chi connectivity index (χ2n) is 19.5. The molecule has 14 heteroatoms. The molecule has 4 rings (SSSR count). The van der Waals surface area contributed by atoms with Gasteiger partial charge in [0.25, 0.3) is 11.7 Å². The zero-order valence-electron chi connectivity index (χ0n) is 40.6. The van der Waals surface area contributed by atoms with Crippen molar-refractivity contribution in [2.75, 3.05) is 27.9 Å². The number of methoxy groups -OCH3 is 3. The number of ether oxygens (including phenoxy) is 5. The number of piperidine rings is 1. The van der Waals surface area contributed by atoms with Gasteiger partial charge in [-0.1, -0.05) is 71.1 Å². The molecule has 0 aromatic heterocycles. The molecule has 0 aromatic carbocycles. The average Bonchev–Trinajstić information content (AvgIpc) is 3.29.